The molecule has 280 valence electrons. The Labute approximate surface area is 312 Å². The molecule has 6 rings (SSSR count). The van der Waals surface area contributed by atoms with E-state index in [0.717, 1.165) is 39.9 Å². The minimum atomic E-state index is -2.00. The van der Waals surface area contributed by atoms with Crippen LogP contribution in [-0.2, 0) is 30.0 Å². The van der Waals surface area contributed by atoms with Crippen LogP contribution in [0.25, 0.3) is 21.3 Å². The number of fused-ring (bicyclic) bond motifs is 2. The van der Waals surface area contributed by atoms with Crippen molar-refractivity contribution in [2.75, 3.05) is 31.3 Å². The summed E-state index contributed by atoms with van der Waals surface area (Å²) in [7, 11) is -2.00. The Balaban J connectivity index is 1.39. The van der Waals surface area contributed by atoms with Gasteiger partial charge >= 0.3 is 6.09 Å². The molecule has 2 aromatic heterocycles. The van der Waals surface area contributed by atoms with Crippen molar-refractivity contribution in [3.63, 3.8) is 0 Å². The van der Waals surface area contributed by atoms with Gasteiger partial charge in [0.2, 0.25) is 0 Å². The quantitative estimate of drug-likeness (QED) is 0.209. The maximum Gasteiger partial charge on any atom is 0.410 e. The number of likely N-dealkylation sites (tertiary alicyclic amines) is 1. The highest BCUT2D eigenvalue weighted by Gasteiger charge is 2.51. The van der Waals surface area contributed by atoms with Gasteiger partial charge in [0.05, 0.1) is 52.3 Å². The van der Waals surface area contributed by atoms with Crippen LogP contribution in [0.5, 0.6) is 5.75 Å². The number of carbonyl (C=O) groups is 2. The van der Waals surface area contributed by atoms with Crippen LogP contribution in [0.4, 0.5) is 10.5 Å². The summed E-state index contributed by atoms with van der Waals surface area (Å²) < 4.78 is 31.6. The van der Waals surface area contributed by atoms with Crippen LogP contribution in [-0.4, -0.2) is 80.0 Å². The standard InChI is InChI=1S/C39H52N4O7SSi/c1-37(2,3)50-36(45)42-21-26(19-39(42,7)24-48-33-12-10-11-15-46-33)43-32(44)23-47-31-17-25(20-40)16-29(34(31)43)28-13-14-41-30-18-27(51-35(28)30)22-49-52(8,9)38(4,5)6/h13-14,16-18,26,33H,10-12,15,19,21-24H2,1-9H3/t26-,33-,39-/m0/s1. The van der Waals surface area contributed by atoms with Crippen molar-refractivity contribution < 1.29 is 33.0 Å². The molecule has 2 amide bonds. The van der Waals surface area contributed by atoms with Crippen molar-refractivity contribution in [3.8, 4) is 22.9 Å². The largest absolute Gasteiger partial charge is 0.481 e. The van der Waals surface area contributed by atoms with Gasteiger partial charge in [0.15, 0.2) is 21.2 Å². The number of nitrogens with zero attached hydrogens (tertiary/aromatic N) is 4. The van der Waals surface area contributed by atoms with Crippen molar-refractivity contribution in [1.82, 2.24) is 9.88 Å². The van der Waals surface area contributed by atoms with Gasteiger partial charge < -0.3 is 28.3 Å². The first-order valence-corrected chi connectivity index (χ1v) is 21.9. The van der Waals surface area contributed by atoms with E-state index in [2.05, 4.69) is 46.0 Å². The summed E-state index contributed by atoms with van der Waals surface area (Å²) in [6, 6.07) is 9.35. The molecule has 5 heterocycles. The van der Waals surface area contributed by atoms with Gasteiger partial charge in [-0.2, -0.15) is 5.26 Å². The Hall–Kier alpha value is -3.54. The molecule has 0 radical (unpaired) electrons. The third-order valence-electron chi connectivity index (χ3n) is 10.6. The Morgan fingerprint density at radius 1 is 1.15 bits per heavy atom. The second-order valence-electron chi connectivity index (χ2n) is 16.9. The van der Waals surface area contributed by atoms with Crippen LogP contribution >= 0.6 is 11.3 Å². The van der Waals surface area contributed by atoms with Gasteiger partial charge in [0, 0.05) is 41.4 Å². The van der Waals surface area contributed by atoms with Crippen LogP contribution in [0.2, 0.25) is 18.1 Å². The van der Waals surface area contributed by atoms with Crippen molar-refractivity contribution in [2.24, 2.45) is 0 Å². The molecule has 0 bridgehead atoms. The van der Waals surface area contributed by atoms with Gasteiger partial charge in [-0.05, 0) is 89.7 Å². The smallest absolute Gasteiger partial charge is 0.410 e. The van der Waals surface area contributed by atoms with Crippen LogP contribution < -0.4 is 9.64 Å². The molecular weight excluding hydrogens is 697 g/mol. The van der Waals surface area contributed by atoms with E-state index < -0.39 is 31.6 Å². The molecule has 1 aromatic carbocycles. The zero-order valence-electron chi connectivity index (χ0n) is 32.0. The number of aromatic nitrogens is 1. The molecule has 0 N–H and O–H groups in total. The Morgan fingerprint density at radius 2 is 1.92 bits per heavy atom. The lowest BCUT2D eigenvalue weighted by atomic mass is 9.94. The molecule has 2 saturated heterocycles. The van der Waals surface area contributed by atoms with Crippen LogP contribution in [0.3, 0.4) is 0 Å². The zero-order chi connectivity index (χ0) is 37.6. The number of nitriles is 1. The molecule has 0 unspecified atom stereocenters. The number of rotatable bonds is 8. The fourth-order valence-corrected chi connectivity index (χ4v) is 8.95. The first-order valence-electron chi connectivity index (χ1n) is 18.2. The number of thiophene rings is 1. The predicted molar refractivity (Wildman–Crippen MR) is 204 cm³/mol. The van der Waals surface area contributed by atoms with Crippen molar-refractivity contribution >= 4 is 47.6 Å². The van der Waals surface area contributed by atoms with E-state index in [0.29, 0.717) is 42.2 Å². The van der Waals surface area contributed by atoms with E-state index >= 15 is 0 Å². The van der Waals surface area contributed by atoms with Crippen LogP contribution in [0.15, 0.2) is 30.5 Å². The Kier molecular flexibility index (Phi) is 10.5. The van der Waals surface area contributed by atoms with E-state index in [-0.39, 0.29) is 37.0 Å². The second kappa shape index (κ2) is 14.4. The van der Waals surface area contributed by atoms with Gasteiger partial charge in [-0.3, -0.25) is 14.7 Å². The lowest BCUT2D eigenvalue weighted by Gasteiger charge is -2.37. The highest BCUT2D eigenvalue weighted by atomic mass is 32.1. The van der Waals surface area contributed by atoms with Crippen molar-refractivity contribution in [1.29, 1.82) is 5.26 Å². The Morgan fingerprint density at radius 3 is 2.60 bits per heavy atom. The van der Waals surface area contributed by atoms with E-state index in [1.165, 1.54) is 0 Å². The number of carbonyl (C=O) groups excluding carboxylic acids is 2. The third kappa shape index (κ3) is 7.87. The topological polar surface area (TPSA) is 123 Å². The normalized spacial score (nSPS) is 22.7. The molecule has 2 fully saturated rings. The monoisotopic (exact) mass is 748 g/mol. The third-order valence-corrected chi connectivity index (χ3v) is 16.2. The Bertz CT molecular complexity index is 1870. The molecule has 0 saturated carbocycles. The van der Waals surface area contributed by atoms with Crippen molar-refractivity contribution in [2.45, 2.75) is 122 Å². The van der Waals surface area contributed by atoms with Gasteiger partial charge in [0.25, 0.3) is 5.91 Å². The lowest BCUT2D eigenvalue weighted by molar-refractivity contribution is -0.177. The molecule has 0 spiro atoms. The zero-order valence-corrected chi connectivity index (χ0v) is 33.8. The summed E-state index contributed by atoms with van der Waals surface area (Å²) in [6.07, 6.45) is 4.19. The van der Waals surface area contributed by atoms with Gasteiger partial charge in [-0.25, -0.2) is 4.79 Å². The van der Waals surface area contributed by atoms with E-state index in [4.69, 9.17) is 28.4 Å². The summed E-state index contributed by atoms with van der Waals surface area (Å²) in [5.74, 6) is 0.217. The first-order chi connectivity index (χ1) is 24.4. The molecule has 3 aliphatic heterocycles. The number of pyridine rings is 1. The summed E-state index contributed by atoms with van der Waals surface area (Å²) in [6.45, 7) is 20.0. The van der Waals surface area contributed by atoms with E-state index in [9.17, 15) is 14.9 Å². The van der Waals surface area contributed by atoms with E-state index in [1.54, 1.807) is 33.4 Å². The SMILES string of the molecule is CC(C)(C)OC(=O)N1C[C@@H](N2C(=O)COc3cc(C#N)cc(-c4ccnc5cc(CO[Si](C)(C)C(C)(C)C)sc45)c32)C[C@@]1(C)CO[C@H]1CCCCO1. The van der Waals surface area contributed by atoms with Gasteiger partial charge in [-0.1, -0.05) is 20.8 Å². The number of benzene rings is 1. The molecule has 11 nitrogen and oxygen atoms in total. The van der Waals surface area contributed by atoms with Gasteiger partial charge in [0.1, 0.15) is 11.4 Å². The maximum absolute atomic E-state index is 14.1. The lowest BCUT2D eigenvalue weighted by Crippen LogP contribution is -2.50. The second-order valence-corrected chi connectivity index (χ2v) is 22.9. The molecular formula is C39H52N4O7SSi. The molecule has 13 heteroatoms. The molecule has 0 aliphatic carbocycles. The minimum absolute atomic E-state index is 0.0744. The first kappa shape index (κ1) is 38.2. The summed E-state index contributed by atoms with van der Waals surface area (Å²) in [5.41, 5.74) is 1.83. The minimum Gasteiger partial charge on any atom is -0.481 e. The van der Waals surface area contributed by atoms with Gasteiger partial charge in [-0.15, -0.1) is 11.3 Å². The summed E-state index contributed by atoms with van der Waals surface area (Å²) in [4.78, 5) is 37.1. The fourth-order valence-electron chi connectivity index (χ4n) is 6.85. The number of ether oxygens (including phenoxy) is 4. The van der Waals surface area contributed by atoms with Crippen LogP contribution in [0, 0.1) is 11.3 Å². The van der Waals surface area contributed by atoms with E-state index in [1.807, 2.05) is 39.8 Å². The fraction of sp³-hybridized carbons (Fsp3) is 0.590. The molecule has 3 atom stereocenters. The number of anilines is 1. The summed E-state index contributed by atoms with van der Waals surface area (Å²) in [5, 5.41) is 10.2. The highest BCUT2D eigenvalue weighted by Crippen LogP contribution is 2.48. The van der Waals surface area contributed by atoms with Crippen molar-refractivity contribution in [3.05, 3.63) is 40.9 Å². The van der Waals surface area contributed by atoms with Crippen LogP contribution in [0.1, 0.15) is 84.6 Å². The maximum atomic E-state index is 14.1. The molecule has 3 aromatic rings. The molecule has 52 heavy (non-hydrogen) atoms. The average molecular weight is 749 g/mol. The molecule has 3 aliphatic rings. The number of hydrogen-bond acceptors (Lipinski definition) is 10. The number of hydrogen-bond donors (Lipinski definition) is 0. The number of amides is 2. The predicted octanol–water partition coefficient (Wildman–Crippen LogP) is 8.39. The summed E-state index contributed by atoms with van der Waals surface area (Å²) >= 11 is 1.61. The average Bonchev–Trinajstić information content (AvgIpc) is 3.66. The highest BCUT2D eigenvalue weighted by molar-refractivity contribution is 7.19.